The Morgan fingerprint density at radius 2 is 1.72 bits per heavy atom. The number of carbonyl (C=O) groups is 1. The van der Waals surface area contributed by atoms with E-state index in [0.29, 0.717) is 28.4 Å². The minimum atomic E-state index is -3.74. The lowest BCUT2D eigenvalue weighted by Crippen LogP contribution is -2.27. The van der Waals surface area contributed by atoms with Gasteiger partial charge in [-0.05, 0) is 61.4 Å². The second-order valence-electron chi connectivity index (χ2n) is 7.34. The number of amides is 1. The molecule has 168 valence electrons. The van der Waals surface area contributed by atoms with Gasteiger partial charge in [-0.25, -0.2) is 8.42 Å². The molecule has 8 heteroatoms. The number of nitrogens with one attached hydrogen (secondary N) is 2. The van der Waals surface area contributed by atoms with Gasteiger partial charge in [0.2, 0.25) is 0 Å². The lowest BCUT2D eigenvalue weighted by Gasteiger charge is -2.14. The lowest BCUT2D eigenvalue weighted by molar-refractivity contribution is 0.0955. The van der Waals surface area contributed by atoms with Crippen molar-refractivity contribution in [1.82, 2.24) is 5.32 Å². The molecule has 0 spiro atoms. The monoisotopic (exact) mass is 488 g/mol. The molecule has 5 nitrogen and oxygen atoms in total. The van der Waals surface area contributed by atoms with Gasteiger partial charge in [0.25, 0.3) is 15.9 Å². The van der Waals surface area contributed by atoms with Crippen molar-refractivity contribution >= 4 is 45.0 Å². The molecule has 3 aromatic carbocycles. The first-order chi connectivity index (χ1) is 15.3. The normalized spacial score (nSPS) is 11.2. The molecular formula is C24H25ClN2O3S2. The second-order valence-corrected chi connectivity index (χ2v) is 10.6. The molecular weight excluding hydrogens is 464 g/mol. The van der Waals surface area contributed by atoms with Crippen molar-refractivity contribution in [3.05, 3.63) is 94.0 Å². The van der Waals surface area contributed by atoms with Crippen LogP contribution in [0.25, 0.3) is 0 Å². The van der Waals surface area contributed by atoms with Gasteiger partial charge in [0.05, 0.1) is 10.6 Å². The van der Waals surface area contributed by atoms with Crippen LogP contribution in [0.15, 0.2) is 71.6 Å². The van der Waals surface area contributed by atoms with Crippen LogP contribution in [0, 0.1) is 13.8 Å². The fourth-order valence-electron chi connectivity index (χ4n) is 3.06. The molecule has 0 unspecified atom stereocenters. The highest BCUT2D eigenvalue weighted by Gasteiger charge is 2.18. The SMILES string of the molecule is Cc1ccc(S(=O)(=O)Nc2cccc(C(=O)NCCSCc3cccc(Cl)c3)c2C)cc1. The van der Waals surface area contributed by atoms with Crippen molar-refractivity contribution < 1.29 is 13.2 Å². The van der Waals surface area contributed by atoms with E-state index < -0.39 is 10.0 Å². The molecule has 2 N–H and O–H groups in total. The van der Waals surface area contributed by atoms with Crippen LogP contribution in [0.5, 0.6) is 0 Å². The smallest absolute Gasteiger partial charge is 0.261 e. The zero-order valence-electron chi connectivity index (χ0n) is 17.9. The number of thioether (sulfide) groups is 1. The van der Waals surface area contributed by atoms with Crippen LogP contribution >= 0.6 is 23.4 Å². The molecule has 3 aromatic rings. The van der Waals surface area contributed by atoms with E-state index in [1.54, 1.807) is 61.2 Å². The number of hydrogen-bond donors (Lipinski definition) is 2. The Bertz CT molecular complexity index is 1200. The van der Waals surface area contributed by atoms with Crippen LogP contribution in [0.2, 0.25) is 5.02 Å². The van der Waals surface area contributed by atoms with Crippen molar-refractivity contribution in [2.75, 3.05) is 17.0 Å². The summed E-state index contributed by atoms with van der Waals surface area (Å²) in [5.41, 5.74) is 3.51. The van der Waals surface area contributed by atoms with E-state index in [4.69, 9.17) is 11.6 Å². The Morgan fingerprint density at radius 1 is 1.00 bits per heavy atom. The molecule has 1 amide bonds. The zero-order valence-corrected chi connectivity index (χ0v) is 20.3. The maximum absolute atomic E-state index is 12.7. The number of halogens is 1. The highest BCUT2D eigenvalue weighted by molar-refractivity contribution is 7.98. The number of benzene rings is 3. The number of carbonyl (C=O) groups excluding carboxylic acids is 1. The predicted octanol–water partition coefficient (Wildman–Crippen LogP) is 5.42. The Labute approximate surface area is 198 Å². The quantitative estimate of drug-likeness (QED) is 0.394. The molecule has 0 atom stereocenters. The maximum Gasteiger partial charge on any atom is 0.261 e. The highest BCUT2D eigenvalue weighted by Crippen LogP contribution is 2.23. The summed E-state index contributed by atoms with van der Waals surface area (Å²) in [6.07, 6.45) is 0. The molecule has 32 heavy (non-hydrogen) atoms. The number of anilines is 1. The molecule has 0 aliphatic carbocycles. The molecule has 0 radical (unpaired) electrons. The summed E-state index contributed by atoms with van der Waals surface area (Å²) < 4.78 is 28.0. The first kappa shape index (κ1) is 24.2. The number of sulfonamides is 1. The number of hydrogen-bond acceptors (Lipinski definition) is 4. The van der Waals surface area contributed by atoms with Gasteiger partial charge in [-0.15, -0.1) is 0 Å². The van der Waals surface area contributed by atoms with Gasteiger partial charge in [-0.2, -0.15) is 11.8 Å². The number of aryl methyl sites for hydroxylation is 1. The summed E-state index contributed by atoms with van der Waals surface area (Å²) in [7, 11) is -3.74. The molecule has 0 aliphatic rings. The van der Waals surface area contributed by atoms with Crippen LogP contribution in [0.3, 0.4) is 0 Å². The fraction of sp³-hybridized carbons (Fsp3) is 0.208. The van der Waals surface area contributed by atoms with Crippen molar-refractivity contribution in [2.24, 2.45) is 0 Å². The van der Waals surface area contributed by atoms with Gasteiger partial charge in [0, 0.05) is 28.6 Å². The lowest BCUT2D eigenvalue weighted by atomic mass is 10.1. The van der Waals surface area contributed by atoms with E-state index >= 15 is 0 Å². The zero-order chi connectivity index (χ0) is 23.1. The summed E-state index contributed by atoms with van der Waals surface area (Å²) >= 11 is 7.69. The second kappa shape index (κ2) is 10.9. The molecule has 0 aliphatic heterocycles. The fourth-order valence-corrected chi connectivity index (χ4v) is 5.20. The summed E-state index contributed by atoms with van der Waals surface area (Å²) in [6.45, 7) is 4.13. The van der Waals surface area contributed by atoms with Crippen molar-refractivity contribution in [3.63, 3.8) is 0 Å². The highest BCUT2D eigenvalue weighted by atomic mass is 35.5. The van der Waals surface area contributed by atoms with Crippen molar-refractivity contribution in [1.29, 1.82) is 0 Å². The topological polar surface area (TPSA) is 75.3 Å². The van der Waals surface area contributed by atoms with E-state index in [2.05, 4.69) is 10.0 Å². The molecule has 3 rings (SSSR count). The van der Waals surface area contributed by atoms with Crippen LogP contribution in [-0.4, -0.2) is 26.6 Å². The van der Waals surface area contributed by atoms with Crippen LogP contribution in [-0.2, 0) is 15.8 Å². The first-order valence-electron chi connectivity index (χ1n) is 10.1. The van der Waals surface area contributed by atoms with Crippen LogP contribution in [0.4, 0.5) is 5.69 Å². The molecule has 0 aromatic heterocycles. The first-order valence-corrected chi connectivity index (χ1v) is 13.1. The standard InChI is InChI=1S/C24H25ClN2O3S2/c1-17-9-11-21(12-10-17)32(29,30)27-23-8-4-7-22(18(23)2)24(28)26-13-14-31-16-19-5-3-6-20(25)15-19/h3-12,15,27H,13-14,16H2,1-2H3,(H,26,28). The van der Waals surface area contributed by atoms with Crippen molar-refractivity contribution in [3.8, 4) is 0 Å². The minimum Gasteiger partial charge on any atom is -0.351 e. The Balaban J connectivity index is 1.58. The van der Waals surface area contributed by atoms with Gasteiger partial charge in [0.1, 0.15) is 0 Å². The largest absolute Gasteiger partial charge is 0.351 e. The third-order valence-electron chi connectivity index (χ3n) is 4.84. The summed E-state index contributed by atoms with van der Waals surface area (Å²) in [5, 5.41) is 3.62. The summed E-state index contributed by atoms with van der Waals surface area (Å²) in [5.74, 6) is 1.32. The molecule has 0 bridgehead atoms. The average Bonchev–Trinajstić information content (AvgIpc) is 2.75. The maximum atomic E-state index is 12.7. The van der Waals surface area contributed by atoms with E-state index in [0.717, 1.165) is 22.6 Å². The third-order valence-corrected chi connectivity index (χ3v) is 7.49. The van der Waals surface area contributed by atoms with Crippen LogP contribution in [0.1, 0.15) is 27.0 Å². The van der Waals surface area contributed by atoms with Gasteiger partial charge >= 0.3 is 0 Å². The third kappa shape index (κ3) is 6.51. The Morgan fingerprint density at radius 3 is 2.44 bits per heavy atom. The van der Waals surface area contributed by atoms with Gasteiger partial charge in [-0.3, -0.25) is 9.52 Å². The van der Waals surface area contributed by atoms with Crippen LogP contribution < -0.4 is 10.0 Å². The summed E-state index contributed by atoms with van der Waals surface area (Å²) in [4.78, 5) is 12.8. The molecule has 0 heterocycles. The summed E-state index contributed by atoms with van der Waals surface area (Å²) in [6, 6.07) is 19.3. The van der Waals surface area contributed by atoms with Crippen molar-refractivity contribution in [2.45, 2.75) is 24.5 Å². The Hall–Kier alpha value is -2.48. The van der Waals surface area contributed by atoms with Gasteiger partial charge in [-0.1, -0.05) is 47.5 Å². The minimum absolute atomic E-state index is 0.175. The predicted molar refractivity (Wildman–Crippen MR) is 133 cm³/mol. The molecule has 0 saturated heterocycles. The van der Waals surface area contributed by atoms with E-state index in [9.17, 15) is 13.2 Å². The van der Waals surface area contributed by atoms with E-state index in [-0.39, 0.29) is 10.8 Å². The van der Waals surface area contributed by atoms with E-state index in [1.807, 2.05) is 31.2 Å². The molecule has 0 fully saturated rings. The van der Waals surface area contributed by atoms with Gasteiger partial charge in [0.15, 0.2) is 0 Å². The van der Waals surface area contributed by atoms with E-state index in [1.165, 1.54) is 0 Å². The van der Waals surface area contributed by atoms with Gasteiger partial charge < -0.3 is 5.32 Å². The average molecular weight is 489 g/mol. The number of rotatable bonds is 9. The Kier molecular flexibility index (Phi) is 8.23. The molecule has 0 saturated carbocycles.